The third-order valence-corrected chi connectivity index (χ3v) is 6.33. The van der Waals surface area contributed by atoms with E-state index in [1.165, 1.54) is 4.88 Å². The van der Waals surface area contributed by atoms with Gasteiger partial charge in [0.15, 0.2) is 0 Å². The van der Waals surface area contributed by atoms with Gasteiger partial charge in [0.05, 0.1) is 16.4 Å². The van der Waals surface area contributed by atoms with Crippen LogP contribution in [0.5, 0.6) is 5.75 Å². The average Bonchev–Trinajstić information content (AvgIpc) is 2.81. The molecule has 0 radical (unpaired) electrons. The van der Waals surface area contributed by atoms with Crippen molar-refractivity contribution in [2.24, 2.45) is 0 Å². The van der Waals surface area contributed by atoms with E-state index < -0.39 is 0 Å². The quantitative estimate of drug-likeness (QED) is 0.645. The van der Waals surface area contributed by atoms with E-state index in [9.17, 15) is 0 Å². The first-order valence-electron chi connectivity index (χ1n) is 6.50. The minimum Gasteiger partial charge on any atom is -0.491 e. The number of benzene rings is 1. The predicted molar refractivity (Wildman–Crippen MR) is 94.4 cm³/mol. The highest BCUT2D eigenvalue weighted by molar-refractivity contribution is 9.13. The first-order chi connectivity index (χ1) is 10.2. The Morgan fingerprint density at radius 3 is 2.62 bits per heavy atom. The zero-order valence-corrected chi connectivity index (χ0v) is 15.8. The van der Waals surface area contributed by atoms with E-state index in [-0.39, 0.29) is 6.04 Å². The molecule has 1 atom stereocenters. The second-order valence-corrected chi connectivity index (χ2v) is 7.63. The van der Waals surface area contributed by atoms with Crippen LogP contribution in [0.2, 0.25) is 0 Å². The summed E-state index contributed by atoms with van der Waals surface area (Å²) in [5, 5.41) is 3.36. The molecule has 2 rings (SSSR count). The van der Waals surface area contributed by atoms with E-state index in [1.807, 2.05) is 25.2 Å². The Kier molecular flexibility index (Phi) is 6.70. The molecule has 0 saturated carbocycles. The molecule has 0 amide bonds. The van der Waals surface area contributed by atoms with Gasteiger partial charge < -0.3 is 14.8 Å². The van der Waals surface area contributed by atoms with Gasteiger partial charge in [0.1, 0.15) is 12.4 Å². The SMILES string of the molecule is CNC(c1cc(Br)c(Br)s1)c1ccccc1OCCOC. The summed E-state index contributed by atoms with van der Waals surface area (Å²) < 4.78 is 13.0. The Balaban J connectivity index is 2.29. The summed E-state index contributed by atoms with van der Waals surface area (Å²) in [6.07, 6.45) is 0. The second kappa shape index (κ2) is 8.29. The van der Waals surface area contributed by atoms with Crippen LogP contribution in [0.15, 0.2) is 38.6 Å². The average molecular weight is 435 g/mol. The minimum absolute atomic E-state index is 0.0938. The van der Waals surface area contributed by atoms with Crippen LogP contribution in [0.25, 0.3) is 0 Å². The lowest BCUT2D eigenvalue weighted by Gasteiger charge is -2.19. The molecule has 1 N–H and O–H groups in total. The van der Waals surface area contributed by atoms with Crippen molar-refractivity contribution >= 4 is 43.2 Å². The second-order valence-electron chi connectivity index (χ2n) is 4.37. The molecular weight excluding hydrogens is 418 g/mol. The van der Waals surface area contributed by atoms with Crippen LogP contribution in [0.4, 0.5) is 0 Å². The van der Waals surface area contributed by atoms with Crippen molar-refractivity contribution in [2.75, 3.05) is 27.4 Å². The minimum atomic E-state index is 0.0938. The lowest BCUT2D eigenvalue weighted by molar-refractivity contribution is 0.145. The Morgan fingerprint density at radius 2 is 2.00 bits per heavy atom. The molecule has 1 heterocycles. The smallest absolute Gasteiger partial charge is 0.124 e. The first kappa shape index (κ1) is 17.0. The van der Waals surface area contributed by atoms with E-state index >= 15 is 0 Å². The predicted octanol–water partition coefficient (Wildman–Crippen LogP) is 4.61. The van der Waals surface area contributed by atoms with Crippen molar-refractivity contribution in [3.05, 3.63) is 49.0 Å². The van der Waals surface area contributed by atoms with Gasteiger partial charge >= 0.3 is 0 Å². The molecule has 114 valence electrons. The topological polar surface area (TPSA) is 30.5 Å². The fourth-order valence-corrected chi connectivity index (χ4v) is 4.26. The van der Waals surface area contributed by atoms with E-state index in [0.29, 0.717) is 13.2 Å². The zero-order valence-electron chi connectivity index (χ0n) is 11.9. The molecule has 0 aliphatic heterocycles. The Labute approximate surface area is 145 Å². The number of rotatable bonds is 7. The van der Waals surface area contributed by atoms with Gasteiger partial charge in [-0.15, -0.1) is 11.3 Å². The largest absolute Gasteiger partial charge is 0.491 e. The number of ether oxygens (including phenoxy) is 2. The number of nitrogens with one attached hydrogen (secondary N) is 1. The number of hydrogen-bond donors (Lipinski definition) is 1. The van der Waals surface area contributed by atoms with Crippen molar-refractivity contribution in [3.63, 3.8) is 0 Å². The molecule has 0 bridgehead atoms. The molecule has 1 unspecified atom stereocenters. The molecule has 0 fully saturated rings. The normalized spacial score (nSPS) is 12.4. The molecule has 3 nitrogen and oxygen atoms in total. The summed E-state index contributed by atoms with van der Waals surface area (Å²) in [6, 6.07) is 10.3. The van der Waals surface area contributed by atoms with E-state index in [4.69, 9.17) is 9.47 Å². The molecule has 0 saturated heterocycles. The van der Waals surface area contributed by atoms with Crippen LogP contribution in [0.3, 0.4) is 0 Å². The van der Waals surface area contributed by atoms with Gasteiger partial charge in [0, 0.05) is 22.0 Å². The third kappa shape index (κ3) is 4.29. The van der Waals surface area contributed by atoms with Gasteiger partial charge in [-0.2, -0.15) is 0 Å². The van der Waals surface area contributed by atoms with Gasteiger partial charge in [0.2, 0.25) is 0 Å². The Bertz CT molecular complexity index is 569. The summed E-state index contributed by atoms with van der Waals surface area (Å²) >= 11 is 8.80. The fraction of sp³-hybridized carbons (Fsp3) is 0.333. The van der Waals surface area contributed by atoms with Gasteiger partial charge in [-0.3, -0.25) is 0 Å². The number of methoxy groups -OCH3 is 1. The maximum absolute atomic E-state index is 5.84. The molecule has 21 heavy (non-hydrogen) atoms. The summed E-state index contributed by atoms with van der Waals surface area (Å²) in [5.74, 6) is 0.884. The summed E-state index contributed by atoms with van der Waals surface area (Å²) in [6.45, 7) is 1.12. The number of hydrogen-bond acceptors (Lipinski definition) is 4. The van der Waals surface area contributed by atoms with Crippen molar-refractivity contribution < 1.29 is 9.47 Å². The Hall–Kier alpha value is -0.400. The zero-order chi connectivity index (χ0) is 15.2. The number of para-hydroxylation sites is 1. The highest BCUT2D eigenvalue weighted by Crippen LogP contribution is 2.39. The highest BCUT2D eigenvalue weighted by atomic mass is 79.9. The van der Waals surface area contributed by atoms with Gasteiger partial charge in [-0.05, 0) is 51.0 Å². The number of thiophene rings is 1. The van der Waals surface area contributed by atoms with E-state index in [0.717, 1.165) is 19.6 Å². The molecule has 6 heteroatoms. The standard InChI is InChI=1S/C15H17Br2NO2S/c1-18-14(13-9-11(16)15(17)21-13)10-5-3-4-6-12(10)20-8-7-19-2/h3-6,9,14,18H,7-8H2,1-2H3. The van der Waals surface area contributed by atoms with E-state index in [1.54, 1.807) is 18.4 Å². The van der Waals surface area contributed by atoms with Gasteiger partial charge in [-0.1, -0.05) is 18.2 Å². The van der Waals surface area contributed by atoms with Crippen molar-refractivity contribution in [1.29, 1.82) is 0 Å². The molecule has 0 aliphatic carbocycles. The van der Waals surface area contributed by atoms with Gasteiger partial charge in [0.25, 0.3) is 0 Å². The molecule has 0 spiro atoms. The maximum atomic E-state index is 5.84. The van der Waals surface area contributed by atoms with Crippen LogP contribution < -0.4 is 10.1 Å². The lowest BCUT2D eigenvalue weighted by Crippen LogP contribution is -2.18. The van der Waals surface area contributed by atoms with Crippen LogP contribution in [0, 0.1) is 0 Å². The van der Waals surface area contributed by atoms with Crippen LogP contribution >= 0.6 is 43.2 Å². The van der Waals surface area contributed by atoms with Crippen LogP contribution in [-0.4, -0.2) is 27.4 Å². The highest BCUT2D eigenvalue weighted by Gasteiger charge is 2.19. The fourth-order valence-electron chi connectivity index (χ4n) is 2.04. The molecular formula is C15H17Br2NO2S. The number of halogens is 2. The van der Waals surface area contributed by atoms with Crippen LogP contribution in [0.1, 0.15) is 16.5 Å². The maximum Gasteiger partial charge on any atom is 0.124 e. The van der Waals surface area contributed by atoms with Crippen molar-refractivity contribution in [2.45, 2.75) is 6.04 Å². The summed E-state index contributed by atoms with van der Waals surface area (Å²) in [7, 11) is 3.63. The molecule has 1 aromatic heterocycles. The monoisotopic (exact) mass is 433 g/mol. The van der Waals surface area contributed by atoms with E-state index in [2.05, 4.69) is 49.3 Å². The molecule has 0 aliphatic rings. The van der Waals surface area contributed by atoms with Crippen molar-refractivity contribution in [1.82, 2.24) is 5.32 Å². The van der Waals surface area contributed by atoms with Crippen molar-refractivity contribution in [3.8, 4) is 5.75 Å². The molecule has 1 aromatic carbocycles. The first-order valence-corrected chi connectivity index (χ1v) is 8.90. The summed E-state index contributed by atoms with van der Waals surface area (Å²) in [5.41, 5.74) is 1.12. The van der Waals surface area contributed by atoms with Gasteiger partial charge in [-0.25, -0.2) is 0 Å². The Morgan fingerprint density at radius 1 is 1.24 bits per heavy atom. The lowest BCUT2D eigenvalue weighted by atomic mass is 10.0. The van der Waals surface area contributed by atoms with Crippen LogP contribution in [-0.2, 0) is 4.74 Å². The third-order valence-electron chi connectivity index (χ3n) is 3.01. The molecule has 2 aromatic rings. The summed E-state index contributed by atoms with van der Waals surface area (Å²) in [4.78, 5) is 1.22.